The van der Waals surface area contributed by atoms with Gasteiger partial charge < -0.3 is 14.8 Å². The maximum absolute atomic E-state index is 12.9. The smallest absolute Gasteiger partial charge is 0.275 e. The van der Waals surface area contributed by atoms with Crippen LogP contribution >= 0.6 is 0 Å². The Hall–Kier alpha value is -3.10. The molecule has 0 unspecified atom stereocenters. The third-order valence-electron chi connectivity index (χ3n) is 4.50. The number of benzene rings is 1. The molecule has 8 nitrogen and oxygen atoms in total. The van der Waals surface area contributed by atoms with E-state index in [4.69, 9.17) is 9.47 Å². The van der Waals surface area contributed by atoms with Crippen molar-refractivity contribution in [3.05, 3.63) is 70.4 Å². The number of hydrogen-bond donors (Lipinski definition) is 1. The Morgan fingerprint density at radius 2 is 1.83 bits per heavy atom. The summed E-state index contributed by atoms with van der Waals surface area (Å²) in [4.78, 5) is 29.5. The zero-order chi connectivity index (χ0) is 21.3. The van der Waals surface area contributed by atoms with Crippen LogP contribution in [0.15, 0.2) is 53.6 Å². The van der Waals surface area contributed by atoms with Gasteiger partial charge in [0, 0.05) is 37.4 Å². The molecule has 3 rings (SSSR count). The number of aromatic nitrogens is 3. The van der Waals surface area contributed by atoms with Crippen LogP contribution in [-0.4, -0.2) is 46.7 Å². The largest absolute Gasteiger partial charge is 0.351 e. The first-order chi connectivity index (χ1) is 14.6. The van der Waals surface area contributed by atoms with Crippen LogP contribution in [0.25, 0.3) is 10.8 Å². The first-order valence-electron chi connectivity index (χ1n) is 9.99. The van der Waals surface area contributed by atoms with Gasteiger partial charge in [-0.05, 0) is 31.5 Å². The Kier molecular flexibility index (Phi) is 7.64. The van der Waals surface area contributed by atoms with Crippen LogP contribution < -0.4 is 10.9 Å². The number of ether oxygens (including phenoxy) is 2. The highest BCUT2D eigenvalue weighted by molar-refractivity contribution is 5.84. The molecule has 3 aromatic rings. The Balaban J connectivity index is 1.82. The average Bonchev–Trinajstić information content (AvgIpc) is 2.76. The lowest BCUT2D eigenvalue weighted by molar-refractivity contribution is -0.140. The first kappa shape index (κ1) is 21.6. The minimum Gasteiger partial charge on any atom is -0.351 e. The third kappa shape index (κ3) is 5.49. The van der Waals surface area contributed by atoms with E-state index >= 15 is 0 Å². The standard InChI is InChI=1S/C22H26N4O4/c1-3-29-21(30-4-2)14-24-20(27)15-26-22(28)18-10-6-5-9-17(18)19(25-26)12-16-8-7-11-23-13-16/h5-11,13,21H,3-4,12,14-15H2,1-2H3,(H,24,27). The topological polar surface area (TPSA) is 95.3 Å². The van der Waals surface area contributed by atoms with Gasteiger partial charge in [-0.2, -0.15) is 5.10 Å². The maximum Gasteiger partial charge on any atom is 0.275 e. The van der Waals surface area contributed by atoms with E-state index in [1.165, 1.54) is 4.68 Å². The summed E-state index contributed by atoms with van der Waals surface area (Å²) in [6.07, 6.45) is 3.46. The number of fused-ring (bicyclic) bond motifs is 1. The van der Waals surface area contributed by atoms with Crippen LogP contribution in [0.1, 0.15) is 25.1 Å². The predicted molar refractivity (Wildman–Crippen MR) is 113 cm³/mol. The van der Waals surface area contributed by atoms with Crippen molar-refractivity contribution in [1.29, 1.82) is 0 Å². The van der Waals surface area contributed by atoms with E-state index in [0.29, 0.717) is 30.7 Å². The molecule has 158 valence electrons. The molecule has 2 aromatic heterocycles. The first-order valence-corrected chi connectivity index (χ1v) is 9.99. The van der Waals surface area contributed by atoms with Crippen LogP contribution in [0.4, 0.5) is 0 Å². The summed E-state index contributed by atoms with van der Waals surface area (Å²) in [6, 6.07) is 11.1. The molecule has 1 aromatic carbocycles. The summed E-state index contributed by atoms with van der Waals surface area (Å²) in [7, 11) is 0. The molecule has 0 saturated heterocycles. The van der Waals surface area contributed by atoms with Crippen molar-refractivity contribution < 1.29 is 14.3 Å². The summed E-state index contributed by atoms with van der Waals surface area (Å²) >= 11 is 0. The molecule has 0 saturated carbocycles. The average molecular weight is 410 g/mol. The van der Waals surface area contributed by atoms with Crippen molar-refractivity contribution in [2.75, 3.05) is 19.8 Å². The van der Waals surface area contributed by atoms with Crippen LogP contribution in [-0.2, 0) is 27.2 Å². The zero-order valence-corrected chi connectivity index (χ0v) is 17.2. The van der Waals surface area contributed by atoms with E-state index in [1.807, 2.05) is 38.1 Å². The summed E-state index contributed by atoms with van der Waals surface area (Å²) in [6.45, 7) is 4.68. The highest BCUT2D eigenvalue weighted by atomic mass is 16.7. The predicted octanol–water partition coefficient (Wildman–Crippen LogP) is 1.90. The number of nitrogens with zero attached hydrogens (tertiary/aromatic N) is 3. The van der Waals surface area contributed by atoms with Gasteiger partial charge in [-0.15, -0.1) is 0 Å². The number of nitrogens with one attached hydrogen (secondary N) is 1. The van der Waals surface area contributed by atoms with Crippen molar-refractivity contribution in [3.8, 4) is 0 Å². The lowest BCUT2D eigenvalue weighted by Gasteiger charge is -2.17. The Morgan fingerprint density at radius 3 is 2.50 bits per heavy atom. The van der Waals surface area contributed by atoms with Crippen LogP contribution in [0, 0.1) is 0 Å². The van der Waals surface area contributed by atoms with Crippen molar-refractivity contribution in [3.63, 3.8) is 0 Å². The quantitative estimate of drug-likeness (QED) is 0.513. The van der Waals surface area contributed by atoms with E-state index in [2.05, 4.69) is 15.4 Å². The van der Waals surface area contributed by atoms with Crippen LogP contribution in [0.2, 0.25) is 0 Å². The second-order valence-electron chi connectivity index (χ2n) is 6.64. The van der Waals surface area contributed by atoms with Crippen LogP contribution in [0.5, 0.6) is 0 Å². The monoisotopic (exact) mass is 410 g/mol. The highest BCUT2D eigenvalue weighted by Gasteiger charge is 2.15. The maximum atomic E-state index is 12.9. The fourth-order valence-electron chi connectivity index (χ4n) is 3.17. The SMILES string of the molecule is CCOC(CNC(=O)Cn1nc(Cc2cccnc2)c2ccccc2c1=O)OCC. The number of rotatable bonds is 10. The molecule has 8 heteroatoms. The molecule has 0 aliphatic carbocycles. The molecule has 0 atom stereocenters. The van der Waals surface area contributed by atoms with Gasteiger partial charge in [0.15, 0.2) is 6.29 Å². The van der Waals surface area contributed by atoms with E-state index in [9.17, 15) is 9.59 Å². The van der Waals surface area contributed by atoms with Crippen molar-refractivity contribution in [2.45, 2.75) is 33.1 Å². The lowest BCUT2D eigenvalue weighted by Crippen LogP contribution is -2.39. The molecule has 0 fully saturated rings. The van der Waals surface area contributed by atoms with E-state index < -0.39 is 6.29 Å². The van der Waals surface area contributed by atoms with Gasteiger partial charge in [0.05, 0.1) is 17.6 Å². The lowest BCUT2D eigenvalue weighted by atomic mass is 10.1. The molecule has 0 aliphatic heterocycles. The number of carbonyl (C=O) groups excluding carboxylic acids is 1. The van der Waals surface area contributed by atoms with Gasteiger partial charge in [-0.1, -0.05) is 24.3 Å². The Labute approximate surface area is 174 Å². The van der Waals surface area contributed by atoms with Gasteiger partial charge in [0.1, 0.15) is 6.54 Å². The molecule has 2 heterocycles. The normalized spacial score (nSPS) is 11.2. The number of hydrogen-bond acceptors (Lipinski definition) is 6. The summed E-state index contributed by atoms with van der Waals surface area (Å²) in [5.41, 5.74) is 1.38. The number of carbonyl (C=O) groups is 1. The van der Waals surface area contributed by atoms with Gasteiger partial charge in [0.25, 0.3) is 5.56 Å². The van der Waals surface area contributed by atoms with Crippen molar-refractivity contribution in [1.82, 2.24) is 20.1 Å². The summed E-state index contributed by atoms with van der Waals surface area (Å²) in [5.74, 6) is -0.336. The minimum absolute atomic E-state index is 0.186. The van der Waals surface area contributed by atoms with Gasteiger partial charge in [0.2, 0.25) is 5.91 Å². The van der Waals surface area contributed by atoms with Crippen LogP contribution in [0.3, 0.4) is 0 Å². The highest BCUT2D eigenvalue weighted by Crippen LogP contribution is 2.16. The number of amides is 1. The fourth-order valence-corrected chi connectivity index (χ4v) is 3.17. The molecule has 0 radical (unpaired) electrons. The molecule has 0 spiro atoms. The summed E-state index contributed by atoms with van der Waals surface area (Å²) < 4.78 is 12.1. The Morgan fingerprint density at radius 1 is 1.10 bits per heavy atom. The molecule has 1 N–H and O–H groups in total. The molecular weight excluding hydrogens is 384 g/mol. The fraction of sp³-hybridized carbons (Fsp3) is 0.364. The number of pyridine rings is 1. The van der Waals surface area contributed by atoms with Gasteiger partial charge in [-0.25, -0.2) is 4.68 Å². The van der Waals surface area contributed by atoms with E-state index in [1.54, 1.807) is 24.5 Å². The third-order valence-corrected chi connectivity index (χ3v) is 4.50. The second kappa shape index (κ2) is 10.6. The second-order valence-corrected chi connectivity index (χ2v) is 6.64. The molecule has 30 heavy (non-hydrogen) atoms. The molecule has 0 aliphatic rings. The van der Waals surface area contributed by atoms with Gasteiger partial charge in [-0.3, -0.25) is 14.6 Å². The Bertz CT molecular complexity index is 1030. The van der Waals surface area contributed by atoms with Crippen molar-refractivity contribution >= 4 is 16.7 Å². The molecule has 1 amide bonds. The molecular formula is C22H26N4O4. The van der Waals surface area contributed by atoms with Gasteiger partial charge >= 0.3 is 0 Å². The van der Waals surface area contributed by atoms with Crippen molar-refractivity contribution in [2.24, 2.45) is 0 Å². The zero-order valence-electron chi connectivity index (χ0n) is 17.2. The van der Waals surface area contributed by atoms with E-state index in [-0.39, 0.29) is 24.6 Å². The molecule has 0 bridgehead atoms. The summed E-state index contributed by atoms with van der Waals surface area (Å²) in [5, 5.41) is 8.54. The van der Waals surface area contributed by atoms with E-state index in [0.717, 1.165) is 10.9 Å². The minimum atomic E-state index is -0.522.